The van der Waals surface area contributed by atoms with E-state index in [0.717, 1.165) is 11.4 Å². The van der Waals surface area contributed by atoms with Crippen LogP contribution < -0.4 is 20.3 Å². The normalized spacial score (nSPS) is 17.2. The second-order valence-corrected chi connectivity index (χ2v) is 8.00. The highest BCUT2D eigenvalue weighted by molar-refractivity contribution is 6.07. The summed E-state index contributed by atoms with van der Waals surface area (Å²) in [6.45, 7) is 5.84. The van der Waals surface area contributed by atoms with Gasteiger partial charge in [0.15, 0.2) is 5.78 Å². The van der Waals surface area contributed by atoms with Crippen LogP contribution in [0.5, 0.6) is 5.75 Å². The van der Waals surface area contributed by atoms with E-state index in [9.17, 15) is 9.59 Å². The molecule has 0 saturated heterocycles. The molecule has 1 amide bonds. The van der Waals surface area contributed by atoms with Gasteiger partial charge in [-0.3, -0.25) is 9.59 Å². The summed E-state index contributed by atoms with van der Waals surface area (Å²) in [5.41, 5.74) is 8.07. The summed E-state index contributed by atoms with van der Waals surface area (Å²) in [6, 6.07) is 14.6. The number of hydrogen-bond donors (Lipinski definition) is 1. The highest BCUT2D eigenvalue weighted by Crippen LogP contribution is 2.39. The number of rotatable bonds is 4. The maximum Gasteiger partial charge on any atom is 0.246 e. The van der Waals surface area contributed by atoms with E-state index in [0.29, 0.717) is 18.0 Å². The van der Waals surface area contributed by atoms with Crippen molar-refractivity contribution in [2.75, 3.05) is 30.0 Å². The lowest BCUT2D eigenvalue weighted by atomic mass is 9.90. The Morgan fingerprint density at radius 3 is 2.43 bits per heavy atom. The van der Waals surface area contributed by atoms with E-state index in [1.165, 1.54) is 4.90 Å². The van der Waals surface area contributed by atoms with Crippen LogP contribution in [0.2, 0.25) is 0 Å². The lowest BCUT2D eigenvalue weighted by Gasteiger charge is -2.28. The summed E-state index contributed by atoms with van der Waals surface area (Å²) < 4.78 is 5.37. The number of fused-ring (bicyclic) bond motifs is 1. The Hall–Kier alpha value is -2.86. The molecule has 0 aliphatic carbocycles. The van der Waals surface area contributed by atoms with Gasteiger partial charge in [0.05, 0.1) is 25.0 Å². The van der Waals surface area contributed by atoms with Crippen LogP contribution in [0.15, 0.2) is 48.5 Å². The summed E-state index contributed by atoms with van der Waals surface area (Å²) in [6.07, 6.45) is 0. The number of methoxy groups -OCH3 is 1. The highest BCUT2D eigenvalue weighted by atomic mass is 16.5. The van der Waals surface area contributed by atoms with Gasteiger partial charge in [-0.25, -0.2) is 0 Å². The average Bonchev–Trinajstić information content (AvgIpc) is 2.78. The van der Waals surface area contributed by atoms with Gasteiger partial charge < -0.3 is 20.3 Å². The first-order valence-corrected chi connectivity index (χ1v) is 9.33. The Balaban J connectivity index is 2.14. The molecule has 0 bridgehead atoms. The molecule has 1 atom stereocenters. The number of carbonyl (C=O) groups excluding carboxylic acids is 2. The Labute approximate surface area is 165 Å². The number of Topliss-reactive ketones (excluding diaryl/α,β-unsaturated/α-hetero) is 1. The second kappa shape index (κ2) is 7.64. The zero-order valence-electron chi connectivity index (χ0n) is 16.8. The van der Waals surface area contributed by atoms with Crippen molar-refractivity contribution in [2.45, 2.75) is 26.8 Å². The molecule has 1 aliphatic rings. The maximum absolute atomic E-state index is 13.1. The van der Waals surface area contributed by atoms with Gasteiger partial charge in [-0.05, 0) is 24.3 Å². The molecule has 3 rings (SSSR count). The predicted octanol–water partition coefficient (Wildman–Crippen LogP) is 3.12. The molecule has 2 aromatic rings. The van der Waals surface area contributed by atoms with E-state index in [2.05, 4.69) is 0 Å². The molecular weight excluding hydrogens is 354 g/mol. The van der Waals surface area contributed by atoms with Gasteiger partial charge in [0, 0.05) is 23.7 Å². The SMILES string of the molecule is COc1ccc2c(c1)N(CC(=O)C(C)(C)C)C(=O)C(N)CN2c1ccccc1. The average molecular weight is 381 g/mol. The van der Waals surface area contributed by atoms with Gasteiger partial charge in [-0.1, -0.05) is 39.0 Å². The number of hydrogen-bond acceptors (Lipinski definition) is 5. The lowest BCUT2D eigenvalue weighted by Crippen LogP contribution is -2.49. The minimum atomic E-state index is -0.758. The Morgan fingerprint density at radius 2 is 1.82 bits per heavy atom. The summed E-state index contributed by atoms with van der Waals surface area (Å²) in [7, 11) is 1.57. The van der Waals surface area contributed by atoms with Crippen LogP contribution in [0.1, 0.15) is 20.8 Å². The third kappa shape index (κ3) is 3.87. The molecule has 1 unspecified atom stereocenters. The van der Waals surface area contributed by atoms with Gasteiger partial charge in [-0.2, -0.15) is 0 Å². The van der Waals surface area contributed by atoms with Crippen LogP contribution in [-0.4, -0.2) is 37.9 Å². The molecule has 0 radical (unpaired) electrons. The molecule has 0 aromatic heterocycles. The smallest absolute Gasteiger partial charge is 0.246 e. The number of ether oxygens (including phenoxy) is 1. The molecule has 0 saturated carbocycles. The number of nitrogens with zero attached hydrogens (tertiary/aromatic N) is 2. The molecule has 148 valence electrons. The van der Waals surface area contributed by atoms with Crippen molar-refractivity contribution in [1.29, 1.82) is 0 Å². The van der Waals surface area contributed by atoms with Crippen molar-refractivity contribution >= 4 is 28.8 Å². The summed E-state index contributed by atoms with van der Waals surface area (Å²) in [4.78, 5) is 29.4. The third-order valence-electron chi connectivity index (χ3n) is 4.93. The molecule has 0 spiro atoms. The maximum atomic E-state index is 13.1. The molecule has 1 heterocycles. The number of ketones is 1. The van der Waals surface area contributed by atoms with Gasteiger partial charge in [0.1, 0.15) is 11.8 Å². The Kier molecular flexibility index (Phi) is 5.42. The second-order valence-electron chi connectivity index (χ2n) is 8.00. The molecule has 2 aromatic carbocycles. The number of para-hydroxylation sites is 1. The van der Waals surface area contributed by atoms with Gasteiger partial charge in [0.2, 0.25) is 5.91 Å². The van der Waals surface area contributed by atoms with Gasteiger partial charge in [0.25, 0.3) is 0 Å². The first kappa shape index (κ1) is 19.9. The predicted molar refractivity (Wildman–Crippen MR) is 111 cm³/mol. The zero-order chi connectivity index (χ0) is 20.5. The van der Waals surface area contributed by atoms with Crippen LogP contribution in [0, 0.1) is 5.41 Å². The van der Waals surface area contributed by atoms with Crippen molar-refractivity contribution in [3.63, 3.8) is 0 Å². The third-order valence-corrected chi connectivity index (χ3v) is 4.93. The molecule has 1 aliphatic heterocycles. The van der Waals surface area contributed by atoms with Crippen molar-refractivity contribution < 1.29 is 14.3 Å². The summed E-state index contributed by atoms with van der Waals surface area (Å²) in [5, 5.41) is 0. The van der Waals surface area contributed by atoms with Crippen LogP contribution in [0.3, 0.4) is 0 Å². The molecular formula is C22H27N3O3. The van der Waals surface area contributed by atoms with Crippen molar-refractivity contribution in [3.05, 3.63) is 48.5 Å². The van der Waals surface area contributed by atoms with E-state index in [1.54, 1.807) is 13.2 Å². The minimum absolute atomic E-state index is 0.0289. The van der Waals surface area contributed by atoms with Crippen molar-refractivity contribution in [1.82, 2.24) is 0 Å². The highest BCUT2D eigenvalue weighted by Gasteiger charge is 2.35. The van der Waals surface area contributed by atoms with E-state index >= 15 is 0 Å². The number of nitrogens with two attached hydrogens (primary N) is 1. The number of anilines is 3. The Bertz CT molecular complexity index is 874. The first-order valence-electron chi connectivity index (χ1n) is 9.33. The summed E-state index contributed by atoms with van der Waals surface area (Å²) >= 11 is 0. The van der Waals surface area contributed by atoms with E-state index < -0.39 is 11.5 Å². The quantitative estimate of drug-likeness (QED) is 0.881. The Morgan fingerprint density at radius 1 is 1.14 bits per heavy atom. The van der Waals surface area contributed by atoms with Crippen molar-refractivity contribution in [3.8, 4) is 5.75 Å². The molecule has 6 nitrogen and oxygen atoms in total. The topological polar surface area (TPSA) is 75.9 Å². The molecule has 0 fully saturated rings. The molecule has 28 heavy (non-hydrogen) atoms. The first-order chi connectivity index (χ1) is 13.2. The van der Waals surface area contributed by atoms with E-state index in [1.807, 2.05) is 68.1 Å². The zero-order valence-corrected chi connectivity index (χ0v) is 16.8. The molecule has 6 heteroatoms. The number of amides is 1. The lowest BCUT2D eigenvalue weighted by molar-refractivity contribution is -0.127. The summed E-state index contributed by atoms with van der Waals surface area (Å²) in [5.74, 6) is 0.309. The van der Waals surface area contributed by atoms with Crippen LogP contribution in [0.25, 0.3) is 0 Å². The van der Waals surface area contributed by atoms with Gasteiger partial charge in [-0.15, -0.1) is 0 Å². The standard InChI is InChI=1S/C22H27N3O3/c1-22(2,3)20(26)14-25-19-12-16(28-4)10-11-18(19)24(13-17(23)21(25)27)15-8-6-5-7-9-15/h5-12,17H,13-14,23H2,1-4H3. The largest absolute Gasteiger partial charge is 0.497 e. The fourth-order valence-corrected chi connectivity index (χ4v) is 3.16. The number of carbonyl (C=O) groups is 2. The van der Waals surface area contributed by atoms with E-state index in [-0.39, 0.29) is 18.2 Å². The van der Waals surface area contributed by atoms with Gasteiger partial charge >= 0.3 is 0 Å². The monoisotopic (exact) mass is 381 g/mol. The fourth-order valence-electron chi connectivity index (χ4n) is 3.16. The van der Waals surface area contributed by atoms with Crippen molar-refractivity contribution in [2.24, 2.45) is 11.1 Å². The molecule has 2 N–H and O–H groups in total. The van der Waals surface area contributed by atoms with Crippen LogP contribution in [0.4, 0.5) is 17.1 Å². The van der Waals surface area contributed by atoms with E-state index in [4.69, 9.17) is 10.5 Å². The minimum Gasteiger partial charge on any atom is -0.497 e. The fraction of sp³-hybridized carbons (Fsp3) is 0.364. The number of benzene rings is 2. The van der Waals surface area contributed by atoms with Crippen LogP contribution >= 0.6 is 0 Å². The van der Waals surface area contributed by atoms with Crippen LogP contribution in [-0.2, 0) is 9.59 Å².